The van der Waals surface area contributed by atoms with Crippen molar-refractivity contribution in [3.8, 4) is 10.4 Å². The molecule has 1 aromatic carbocycles. The highest BCUT2D eigenvalue weighted by atomic mass is 35.5. The first kappa shape index (κ1) is 19.1. The number of thiophene rings is 1. The molecular formula is C20H20ClN3O3S. The molecule has 0 aliphatic carbocycles. The summed E-state index contributed by atoms with van der Waals surface area (Å²) in [6, 6.07) is 9.35. The molecule has 146 valence electrons. The van der Waals surface area contributed by atoms with Gasteiger partial charge in [-0.25, -0.2) is 4.98 Å². The molecule has 3 aromatic rings. The molecular weight excluding hydrogens is 398 g/mol. The topological polar surface area (TPSA) is 64.4 Å². The van der Waals surface area contributed by atoms with Crippen LogP contribution in [-0.2, 0) is 16.1 Å². The summed E-state index contributed by atoms with van der Waals surface area (Å²) in [6.07, 6.45) is 1.43. The second-order valence-electron chi connectivity index (χ2n) is 7.07. The summed E-state index contributed by atoms with van der Waals surface area (Å²) in [5, 5.41) is 0.663. The van der Waals surface area contributed by atoms with E-state index in [0.29, 0.717) is 28.3 Å². The van der Waals surface area contributed by atoms with Gasteiger partial charge in [0.2, 0.25) is 5.91 Å². The van der Waals surface area contributed by atoms with E-state index in [-0.39, 0.29) is 30.2 Å². The number of ether oxygens (including phenoxy) is 1. The number of hydrogen-bond donors (Lipinski definition) is 0. The fourth-order valence-electron chi connectivity index (χ4n) is 3.44. The van der Waals surface area contributed by atoms with Crippen LogP contribution < -0.4 is 5.56 Å². The van der Waals surface area contributed by atoms with Gasteiger partial charge in [0.1, 0.15) is 11.2 Å². The maximum Gasteiger partial charge on any atom is 0.271 e. The monoisotopic (exact) mass is 417 g/mol. The number of hydrogen-bond acceptors (Lipinski definition) is 5. The van der Waals surface area contributed by atoms with Crippen molar-refractivity contribution in [2.75, 3.05) is 13.1 Å². The normalized spacial score (nSPS) is 19.9. The van der Waals surface area contributed by atoms with Gasteiger partial charge in [-0.1, -0.05) is 23.7 Å². The fraction of sp³-hybridized carbons (Fsp3) is 0.350. The Morgan fingerprint density at radius 2 is 1.93 bits per heavy atom. The number of fused-ring (bicyclic) bond motifs is 1. The van der Waals surface area contributed by atoms with Crippen LogP contribution in [0.2, 0.25) is 5.02 Å². The Morgan fingerprint density at radius 1 is 1.25 bits per heavy atom. The van der Waals surface area contributed by atoms with E-state index < -0.39 is 0 Å². The van der Waals surface area contributed by atoms with Gasteiger partial charge in [0, 0.05) is 23.0 Å². The van der Waals surface area contributed by atoms with Gasteiger partial charge in [-0.15, -0.1) is 11.3 Å². The predicted molar refractivity (Wildman–Crippen MR) is 111 cm³/mol. The molecule has 1 saturated heterocycles. The van der Waals surface area contributed by atoms with Crippen LogP contribution in [0.5, 0.6) is 0 Å². The van der Waals surface area contributed by atoms with Crippen LogP contribution in [0.4, 0.5) is 0 Å². The van der Waals surface area contributed by atoms with Crippen LogP contribution >= 0.6 is 22.9 Å². The molecule has 0 bridgehead atoms. The molecule has 0 radical (unpaired) electrons. The Kier molecular flexibility index (Phi) is 5.23. The van der Waals surface area contributed by atoms with Crippen molar-refractivity contribution in [2.45, 2.75) is 32.6 Å². The number of carbonyl (C=O) groups excluding carboxylic acids is 1. The SMILES string of the molecule is C[C@H]1CN(C(=O)Cn2cnc3cc(-c4ccc(Cl)cc4)sc3c2=O)C[C@H](C)O1. The molecule has 1 aliphatic rings. The van der Waals surface area contributed by atoms with E-state index in [0.717, 1.165) is 10.4 Å². The Balaban J connectivity index is 1.60. The lowest BCUT2D eigenvalue weighted by Gasteiger charge is -2.35. The number of morpholine rings is 1. The number of carbonyl (C=O) groups is 1. The number of benzene rings is 1. The maximum absolute atomic E-state index is 12.9. The first-order valence-corrected chi connectivity index (χ1v) is 10.3. The molecule has 28 heavy (non-hydrogen) atoms. The first-order valence-electron chi connectivity index (χ1n) is 9.09. The van der Waals surface area contributed by atoms with E-state index in [1.54, 1.807) is 4.90 Å². The third-order valence-corrected chi connectivity index (χ3v) is 6.12. The molecule has 0 saturated carbocycles. The van der Waals surface area contributed by atoms with Crippen LogP contribution in [0.1, 0.15) is 13.8 Å². The van der Waals surface area contributed by atoms with Gasteiger partial charge in [0.15, 0.2) is 0 Å². The van der Waals surface area contributed by atoms with Crippen molar-refractivity contribution in [3.63, 3.8) is 0 Å². The summed E-state index contributed by atoms with van der Waals surface area (Å²) >= 11 is 7.32. The van der Waals surface area contributed by atoms with Gasteiger partial charge in [-0.2, -0.15) is 0 Å². The average Bonchev–Trinajstić information content (AvgIpc) is 3.09. The lowest BCUT2D eigenvalue weighted by atomic mass is 10.2. The Bertz CT molecular complexity index is 1070. The van der Waals surface area contributed by atoms with Crippen molar-refractivity contribution in [2.24, 2.45) is 0 Å². The number of rotatable bonds is 3. The molecule has 3 heterocycles. The number of nitrogens with zero attached hydrogens (tertiary/aromatic N) is 3. The molecule has 1 amide bonds. The number of amides is 1. The average molecular weight is 418 g/mol. The summed E-state index contributed by atoms with van der Waals surface area (Å²) in [7, 11) is 0. The van der Waals surface area contributed by atoms with Gasteiger partial charge in [0.05, 0.1) is 24.1 Å². The van der Waals surface area contributed by atoms with Crippen LogP contribution in [-0.4, -0.2) is 45.7 Å². The number of halogens is 1. The Hall–Kier alpha value is -2.22. The highest BCUT2D eigenvalue weighted by molar-refractivity contribution is 7.22. The zero-order chi connectivity index (χ0) is 19.8. The van der Waals surface area contributed by atoms with E-state index in [4.69, 9.17) is 16.3 Å². The highest BCUT2D eigenvalue weighted by Crippen LogP contribution is 2.31. The molecule has 1 aliphatic heterocycles. The summed E-state index contributed by atoms with van der Waals surface area (Å²) in [5.74, 6) is -0.0975. The lowest BCUT2D eigenvalue weighted by Crippen LogP contribution is -2.49. The van der Waals surface area contributed by atoms with Crippen molar-refractivity contribution >= 4 is 39.1 Å². The van der Waals surface area contributed by atoms with Gasteiger partial charge in [-0.05, 0) is 37.6 Å². The smallest absolute Gasteiger partial charge is 0.271 e. The summed E-state index contributed by atoms with van der Waals surface area (Å²) < 4.78 is 7.60. The summed E-state index contributed by atoms with van der Waals surface area (Å²) in [5.41, 5.74) is 1.42. The highest BCUT2D eigenvalue weighted by Gasteiger charge is 2.26. The molecule has 2 aromatic heterocycles. The second kappa shape index (κ2) is 7.66. The number of aromatic nitrogens is 2. The molecule has 0 spiro atoms. The standard InChI is InChI=1S/C20H20ClN3O3S/c1-12-8-23(9-13(2)27-12)18(25)10-24-11-22-16-7-17(28-19(16)20(24)26)14-3-5-15(21)6-4-14/h3-7,11-13H,8-10H2,1-2H3/t12-,13-/m0/s1. The molecule has 1 fully saturated rings. The van der Waals surface area contributed by atoms with Crippen LogP contribution in [0.3, 0.4) is 0 Å². The van der Waals surface area contributed by atoms with E-state index >= 15 is 0 Å². The van der Waals surface area contributed by atoms with Crippen LogP contribution in [0.15, 0.2) is 41.5 Å². The summed E-state index contributed by atoms with van der Waals surface area (Å²) in [4.78, 5) is 32.6. The molecule has 2 atom stereocenters. The van der Waals surface area contributed by atoms with Crippen molar-refractivity contribution in [1.29, 1.82) is 0 Å². The van der Waals surface area contributed by atoms with Crippen LogP contribution in [0, 0.1) is 0 Å². The maximum atomic E-state index is 12.9. The molecule has 0 unspecified atom stereocenters. The van der Waals surface area contributed by atoms with E-state index in [9.17, 15) is 9.59 Å². The minimum atomic E-state index is -0.196. The quantitative estimate of drug-likeness (QED) is 0.655. The first-order chi connectivity index (χ1) is 13.4. The third kappa shape index (κ3) is 3.83. The van der Waals surface area contributed by atoms with Crippen molar-refractivity contribution in [1.82, 2.24) is 14.5 Å². The predicted octanol–water partition coefficient (Wildman–Crippen LogP) is 3.41. The van der Waals surface area contributed by atoms with Crippen LogP contribution in [0.25, 0.3) is 20.7 Å². The molecule has 4 rings (SSSR count). The zero-order valence-electron chi connectivity index (χ0n) is 15.6. The Labute approximate surface area is 171 Å². The molecule has 8 heteroatoms. The zero-order valence-corrected chi connectivity index (χ0v) is 17.2. The van der Waals surface area contributed by atoms with Gasteiger partial charge < -0.3 is 9.64 Å². The fourth-order valence-corrected chi connectivity index (χ4v) is 4.63. The largest absolute Gasteiger partial charge is 0.372 e. The minimum Gasteiger partial charge on any atom is -0.372 e. The third-order valence-electron chi connectivity index (χ3n) is 4.71. The van der Waals surface area contributed by atoms with Gasteiger partial charge in [0.25, 0.3) is 5.56 Å². The van der Waals surface area contributed by atoms with Crippen molar-refractivity contribution in [3.05, 3.63) is 52.0 Å². The van der Waals surface area contributed by atoms with Gasteiger partial charge >= 0.3 is 0 Å². The lowest BCUT2D eigenvalue weighted by molar-refractivity contribution is -0.143. The second-order valence-corrected chi connectivity index (χ2v) is 8.55. The Morgan fingerprint density at radius 3 is 2.61 bits per heavy atom. The minimum absolute atomic E-state index is 0.00995. The van der Waals surface area contributed by atoms with E-state index in [1.165, 1.54) is 22.2 Å². The molecule has 6 nitrogen and oxygen atoms in total. The molecule has 0 N–H and O–H groups in total. The van der Waals surface area contributed by atoms with Gasteiger partial charge in [-0.3, -0.25) is 14.2 Å². The summed E-state index contributed by atoms with van der Waals surface area (Å²) in [6.45, 7) is 4.94. The van der Waals surface area contributed by atoms with Crippen molar-refractivity contribution < 1.29 is 9.53 Å². The van der Waals surface area contributed by atoms with E-state index in [1.807, 2.05) is 44.2 Å². The van der Waals surface area contributed by atoms with E-state index in [2.05, 4.69) is 4.98 Å².